The molecule has 0 saturated carbocycles. The smallest absolute Gasteiger partial charge is 0.303 e. The Labute approximate surface area is 207 Å². The number of nitrogens with zero attached hydrogens (tertiary/aromatic N) is 2. The maximum Gasteiger partial charge on any atom is 0.303 e. The number of hydrogen-bond acceptors (Lipinski definition) is 6. The lowest BCUT2D eigenvalue weighted by atomic mass is 10.1. The van der Waals surface area contributed by atoms with E-state index in [1.807, 2.05) is 30.3 Å². The monoisotopic (exact) mass is 490 g/mol. The quantitative estimate of drug-likeness (QED) is 0.453. The normalized spacial score (nSPS) is 15.8. The summed E-state index contributed by atoms with van der Waals surface area (Å²) in [6, 6.07) is 14.4. The molecule has 2 aromatic carbocycles. The highest BCUT2D eigenvalue weighted by Gasteiger charge is 2.45. The fraction of sp³-hybridized carbons (Fsp3) is 0.269. The second-order valence-corrected chi connectivity index (χ2v) is 8.43. The van der Waals surface area contributed by atoms with Gasteiger partial charge in [0.05, 0.1) is 11.1 Å². The maximum atomic E-state index is 13.7. The third kappa shape index (κ3) is 5.18. The zero-order valence-electron chi connectivity index (χ0n) is 19.5. The second-order valence-electron chi connectivity index (χ2n) is 8.43. The average Bonchev–Trinajstić information content (AvgIpc) is 3.14. The summed E-state index contributed by atoms with van der Waals surface area (Å²) < 4.78 is 0. The Morgan fingerprint density at radius 3 is 2.25 bits per heavy atom. The minimum Gasteiger partial charge on any atom is -0.481 e. The van der Waals surface area contributed by atoms with Crippen LogP contribution in [0.2, 0.25) is 0 Å². The minimum absolute atomic E-state index is 0.0382. The largest absolute Gasteiger partial charge is 0.481 e. The van der Waals surface area contributed by atoms with Crippen LogP contribution in [0.15, 0.2) is 66.4 Å². The summed E-state index contributed by atoms with van der Waals surface area (Å²) in [6.45, 7) is 0.684. The number of amides is 4. The third-order valence-electron chi connectivity index (χ3n) is 6.04. The van der Waals surface area contributed by atoms with Gasteiger partial charge in [-0.15, -0.1) is 0 Å². The van der Waals surface area contributed by atoms with Crippen LogP contribution in [0.3, 0.4) is 0 Å². The SMILES string of the molecule is O=C(O)CCC(C(=O)N1NCCC=C1C(=O)NCCc1ccccc1)N1C(=O)c2ccccc2C1=O. The van der Waals surface area contributed by atoms with E-state index in [1.54, 1.807) is 18.2 Å². The van der Waals surface area contributed by atoms with Gasteiger partial charge in [0.2, 0.25) is 0 Å². The highest BCUT2D eigenvalue weighted by molar-refractivity contribution is 6.23. The molecule has 10 heteroatoms. The average molecular weight is 491 g/mol. The molecular formula is C26H26N4O6. The molecule has 2 aliphatic heterocycles. The van der Waals surface area contributed by atoms with Crippen LogP contribution in [0.25, 0.3) is 0 Å². The van der Waals surface area contributed by atoms with E-state index in [1.165, 1.54) is 12.1 Å². The van der Waals surface area contributed by atoms with Crippen LogP contribution in [0, 0.1) is 0 Å². The first kappa shape index (κ1) is 24.8. The maximum absolute atomic E-state index is 13.7. The van der Waals surface area contributed by atoms with Crippen LogP contribution in [0.1, 0.15) is 45.5 Å². The molecule has 4 rings (SSSR count). The summed E-state index contributed by atoms with van der Waals surface area (Å²) in [4.78, 5) is 64.8. The number of nitrogens with one attached hydrogen (secondary N) is 2. The molecule has 186 valence electrons. The van der Waals surface area contributed by atoms with E-state index in [0.717, 1.165) is 15.5 Å². The lowest BCUT2D eigenvalue weighted by Crippen LogP contribution is -2.57. The van der Waals surface area contributed by atoms with Gasteiger partial charge < -0.3 is 10.4 Å². The molecule has 3 N–H and O–H groups in total. The molecule has 2 aromatic rings. The number of imide groups is 1. The zero-order chi connectivity index (χ0) is 25.7. The van der Waals surface area contributed by atoms with E-state index < -0.39 is 42.1 Å². The fourth-order valence-corrected chi connectivity index (χ4v) is 4.27. The van der Waals surface area contributed by atoms with Crippen LogP contribution in [0.4, 0.5) is 0 Å². The van der Waals surface area contributed by atoms with Crippen molar-refractivity contribution in [3.05, 3.63) is 83.1 Å². The topological polar surface area (TPSA) is 136 Å². The van der Waals surface area contributed by atoms with Crippen LogP contribution >= 0.6 is 0 Å². The molecule has 0 aliphatic carbocycles. The van der Waals surface area contributed by atoms with Gasteiger partial charge in [0.15, 0.2) is 0 Å². The van der Waals surface area contributed by atoms with Gasteiger partial charge in [0.1, 0.15) is 11.7 Å². The van der Waals surface area contributed by atoms with Gasteiger partial charge in [-0.25, -0.2) is 10.4 Å². The van der Waals surface area contributed by atoms with Gasteiger partial charge in [0.25, 0.3) is 23.6 Å². The molecule has 1 atom stereocenters. The summed E-state index contributed by atoms with van der Waals surface area (Å²) in [5.41, 5.74) is 4.24. The van der Waals surface area contributed by atoms with Gasteiger partial charge in [-0.3, -0.25) is 28.9 Å². The standard InChI is InChI=1S/C26H26N4O6/c31-22(32)13-12-21(29-24(34)18-9-4-5-10-19(18)25(29)35)26(36)30-20(11-6-15-28-30)23(33)27-16-14-17-7-2-1-3-8-17/h1-5,7-11,21,28H,6,12-16H2,(H,27,33)(H,31,32). The molecule has 2 aliphatic rings. The number of carboxylic acid groups (broad SMARTS) is 1. The van der Waals surface area contributed by atoms with Crippen LogP contribution in [-0.4, -0.2) is 63.7 Å². The molecule has 10 nitrogen and oxygen atoms in total. The molecule has 1 unspecified atom stereocenters. The first-order chi connectivity index (χ1) is 17.4. The zero-order valence-corrected chi connectivity index (χ0v) is 19.5. The molecule has 0 aromatic heterocycles. The first-order valence-corrected chi connectivity index (χ1v) is 11.7. The van der Waals surface area contributed by atoms with E-state index in [4.69, 9.17) is 0 Å². The van der Waals surface area contributed by atoms with Gasteiger partial charge in [-0.2, -0.15) is 0 Å². The van der Waals surface area contributed by atoms with E-state index in [-0.39, 0.29) is 23.2 Å². The Morgan fingerprint density at radius 2 is 1.61 bits per heavy atom. The molecule has 2 heterocycles. The van der Waals surface area contributed by atoms with Crippen molar-refractivity contribution in [3.8, 4) is 0 Å². The van der Waals surface area contributed by atoms with Crippen LogP contribution < -0.4 is 10.7 Å². The molecule has 4 amide bonds. The number of carbonyl (C=O) groups excluding carboxylic acids is 4. The Hall–Kier alpha value is -4.31. The number of fused-ring (bicyclic) bond motifs is 1. The van der Waals surface area contributed by atoms with Crippen molar-refractivity contribution in [3.63, 3.8) is 0 Å². The number of carbonyl (C=O) groups is 5. The molecular weight excluding hydrogens is 464 g/mol. The summed E-state index contributed by atoms with van der Waals surface area (Å²) in [7, 11) is 0. The summed E-state index contributed by atoms with van der Waals surface area (Å²) in [5, 5.41) is 13.0. The Balaban J connectivity index is 1.53. The number of rotatable bonds is 9. The Bertz CT molecular complexity index is 1190. The van der Waals surface area contributed by atoms with Gasteiger partial charge in [-0.05, 0) is 37.0 Å². The third-order valence-corrected chi connectivity index (χ3v) is 6.04. The molecule has 0 spiro atoms. The minimum atomic E-state index is -1.40. The van der Waals surface area contributed by atoms with Crippen molar-refractivity contribution >= 4 is 29.6 Å². The van der Waals surface area contributed by atoms with Gasteiger partial charge >= 0.3 is 5.97 Å². The molecule has 0 radical (unpaired) electrons. The van der Waals surface area contributed by atoms with Crippen LogP contribution in [0.5, 0.6) is 0 Å². The molecule has 0 fully saturated rings. The van der Waals surface area contributed by atoms with E-state index >= 15 is 0 Å². The van der Waals surface area contributed by atoms with Crippen molar-refractivity contribution in [2.45, 2.75) is 31.7 Å². The van der Waals surface area contributed by atoms with Crippen molar-refractivity contribution in [1.29, 1.82) is 0 Å². The van der Waals surface area contributed by atoms with Gasteiger partial charge in [-0.1, -0.05) is 48.5 Å². The van der Waals surface area contributed by atoms with E-state index in [2.05, 4.69) is 10.7 Å². The highest BCUT2D eigenvalue weighted by Crippen LogP contribution is 2.27. The Kier molecular flexibility index (Phi) is 7.55. The molecule has 36 heavy (non-hydrogen) atoms. The summed E-state index contributed by atoms with van der Waals surface area (Å²) in [5.74, 6) is -3.77. The lowest BCUT2D eigenvalue weighted by Gasteiger charge is -2.34. The number of aliphatic carboxylic acids is 1. The Morgan fingerprint density at radius 1 is 0.972 bits per heavy atom. The van der Waals surface area contributed by atoms with E-state index in [9.17, 15) is 29.1 Å². The second kappa shape index (κ2) is 11.0. The van der Waals surface area contributed by atoms with Crippen molar-refractivity contribution in [2.75, 3.05) is 13.1 Å². The fourth-order valence-electron chi connectivity index (χ4n) is 4.27. The van der Waals surface area contributed by atoms with Gasteiger partial charge in [0, 0.05) is 19.5 Å². The number of hydrazine groups is 1. The number of hydrogen-bond donors (Lipinski definition) is 3. The first-order valence-electron chi connectivity index (χ1n) is 11.7. The predicted molar refractivity (Wildman–Crippen MR) is 128 cm³/mol. The van der Waals surface area contributed by atoms with Crippen molar-refractivity contribution in [2.24, 2.45) is 0 Å². The lowest BCUT2D eigenvalue weighted by molar-refractivity contribution is -0.141. The van der Waals surface area contributed by atoms with E-state index in [0.29, 0.717) is 25.9 Å². The molecule has 0 bridgehead atoms. The molecule has 0 saturated heterocycles. The number of benzene rings is 2. The predicted octanol–water partition coefficient (Wildman–Crippen LogP) is 1.50. The number of carboxylic acids is 1. The summed E-state index contributed by atoms with van der Waals surface area (Å²) >= 11 is 0. The highest BCUT2D eigenvalue weighted by atomic mass is 16.4. The van der Waals surface area contributed by atoms with Crippen molar-refractivity contribution < 1.29 is 29.1 Å². The summed E-state index contributed by atoms with van der Waals surface area (Å²) in [6.07, 6.45) is 1.94. The van der Waals surface area contributed by atoms with Crippen LogP contribution in [-0.2, 0) is 20.8 Å². The van der Waals surface area contributed by atoms with Crippen molar-refractivity contribution in [1.82, 2.24) is 20.7 Å².